The van der Waals surface area contributed by atoms with Crippen LogP contribution in [0.2, 0.25) is 0 Å². The van der Waals surface area contributed by atoms with Gasteiger partial charge in [0.25, 0.3) is 0 Å². The highest BCUT2D eigenvalue weighted by atomic mass is 19.1. The first-order valence-corrected chi connectivity index (χ1v) is 7.55. The highest BCUT2D eigenvalue weighted by Gasteiger charge is 2.21. The molecule has 0 amide bonds. The van der Waals surface area contributed by atoms with Crippen molar-refractivity contribution in [2.75, 3.05) is 6.54 Å². The Balaban J connectivity index is 2.42. The van der Waals surface area contributed by atoms with Crippen molar-refractivity contribution in [1.29, 1.82) is 0 Å². The Labute approximate surface area is 125 Å². The summed E-state index contributed by atoms with van der Waals surface area (Å²) < 4.78 is 16.1. The van der Waals surface area contributed by atoms with Gasteiger partial charge in [-0.2, -0.15) is 0 Å². The fourth-order valence-corrected chi connectivity index (χ4v) is 2.42. The third-order valence-corrected chi connectivity index (χ3v) is 3.44. The average molecular weight is 290 g/mol. The SMILES string of the molecule is CCCNC(c1cc(C)ccc1F)c1cnnn1CCC. The molecular weight excluding hydrogens is 267 g/mol. The molecule has 21 heavy (non-hydrogen) atoms. The molecule has 1 N–H and O–H groups in total. The number of aromatic nitrogens is 3. The van der Waals surface area contributed by atoms with Crippen LogP contribution in [-0.4, -0.2) is 21.5 Å². The molecule has 0 aliphatic rings. The highest BCUT2D eigenvalue weighted by molar-refractivity contribution is 5.31. The van der Waals surface area contributed by atoms with Crippen molar-refractivity contribution in [3.63, 3.8) is 0 Å². The maximum Gasteiger partial charge on any atom is 0.128 e. The lowest BCUT2D eigenvalue weighted by Gasteiger charge is -2.20. The maximum absolute atomic E-state index is 14.3. The van der Waals surface area contributed by atoms with E-state index in [1.165, 1.54) is 6.07 Å². The lowest BCUT2D eigenvalue weighted by atomic mass is 10.0. The molecule has 0 bridgehead atoms. The Hall–Kier alpha value is -1.75. The first kappa shape index (κ1) is 15.6. The topological polar surface area (TPSA) is 42.7 Å². The van der Waals surface area contributed by atoms with Gasteiger partial charge in [0.15, 0.2) is 0 Å². The van der Waals surface area contributed by atoms with E-state index in [0.717, 1.165) is 37.2 Å². The molecule has 5 heteroatoms. The number of hydrogen-bond acceptors (Lipinski definition) is 3. The predicted octanol–water partition coefficient (Wildman–Crippen LogP) is 3.22. The monoisotopic (exact) mass is 290 g/mol. The molecule has 2 aromatic rings. The molecule has 0 aliphatic heterocycles. The van der Waals surface area contributed by atoms with E-state index in [4.69, 9.17) is 0 Å². The number of halogens is 1. The zero-order valence-electron chi connectivity index (χ0n) is 12.9. The number of benzene rings is 1. The van der Waals surface area contributed by atoms with Gasteiger partial charge in [-0.1, -0.05) is 36.8 Å². The minimum atomic E-state index is -0.216. The second kappa shape index (κ2) is 7.31. The van der Waals surface area contributed by atoms with Gasteiger partial charge in [-0.3, -0.25) is 0 Å². The van der Waals surface area contributed by atoms with Crippen LogP contribution >= 0.6 is 0 Å². The van der Waals surface area contributed by atoms with Crippen molar-refractivity contribution in [2.45, 2.75) is 46.2 Å². The van der Waals surface area contributed by atoms with E-state index < -0.39 is 0 Å². The van der Waals surface area contributed by atoms with E-state index in [2.05, 4.69) is 29.5 Å². The minimum Gasteiger partial charge on any atom is -0.305 e. The van der Waals surface area contributed by atoms with Crippen molar-refractivity contribution in [3.8, 4) is 0 Å². The van der Waals surface area contributed by atoms with Crippen molar-refractivity contribution in [1.82, 2.24) is 20.3 Å². The molecule has 1 aromatic heterocycles. The molecular formula is C16H23FN4. The summed E-state index contributed by atoms with van der Waals surface area (Å²) in [7, 11) is 0. The minimum absolute atomic E-state index is 0.196. The van der Waals surface area contributed by atoms with Crippen LogP contribution in [0.3, 0.4) is 0 Å². The third-order valence-electron chi connectivity index (χ3n) is 3.44. The second-order valence-corrected chi connectivity index (χ2v) is 5.29. The van der Waals surface area contributed by atoms with E-state index in [-0.39, 0.29) is 11.9 Å². The molecule has 2 rings (SSSR count). The summed E-state index contributed by atoms with van der Waals surface area (Å²) in [6, 6.07) is 4.99. The summed E-state index contributed by atoms with van der Waals surface area (Å²) in [5, 5.41) is 11.5. The molecule has 1 aromatic carbocycles. The summed E-state index contributed by atoms with van der Waals surface area (Å²) in [4.78, 5) is 0. The Morgan fingerprint density at radius 3 is 2.81 bits per heavy atom. The van der Waals surface area contributed by atoms with Gasteiger partial charge >= 0.3 is 0 Å². The molecule has 0 saturated carbocycles. The molecule has 0 aliphatic carbocycles. The van der Waals surface area contributed by atoms with Crippen molar-refractivity contribution < 1.29 is 4.39 Å². The molecule has 0 fully saturated rings. The van der Waals surface area contributed by atoms with Crippen molar-refractivity contribution in [3.05, 3.63) is 47.0 Å². The van der Waals surface area contributed by atoms with E-state index >= 15 is 0 Å². The Morgan fingerprint density at radius 1 is 1.29 bits per heavy atom. The van der Waals surface area contributed by atoms with Crippen LogP contribution in [0.4, 0.5) is 4.39 Å². The van der Waals surface area contributed by atoms with Gasteiger partial charge in [0.05, 0.1) is 17.9 Å². The Bertz CT molecular complexity index is 579. The summed E-state index contributed by atoms with van der Waals surface area (Å²) >= 11 is 0. The number of rotatable bonds is 7. The van der Waals surface area contributed by atoms with Gasteiger partial charge in [-0.05, 0) is 32.4 Å². The van der Waals surface area contributed by atoms with Gasteiger partial charge in [0.1, 0.15) is 5.82 Å². The molecule has 114 valence electrons. The molecule has 0 radical (unpaired) electrons. The van der Waals surface area contributed by atoms with Crippen LogP contribution in [0.1, 0.15) is 49.6 Å². The predicted molar refractivity (Wildman–Crippen MR) is 81.6 cm³/mol. The van der Waals surface area contributed by atoms with Crippen molar-refractivity contribution in [2.24, 2.45) is 0 Å². The first-order chi connectivity index (χ1) is 10.2. The zero-order valence-corrected chi connectivity index (χ0v) is 12.9. The number of hydrogen-bond donors (Lipinski definition) is 1. The normalized spacial score (nSPS) is 12.6. The zero-order chi connectivity index (χ0) is 15.2. The second-order valence-electron chi connectivity index (χ2n) is 5.29. The van der Waals surface area contributed by atoms with Crippen LogP contribution in [0.25, 0.3) is 0 Å². The van der Waals surface area contributed by atoms with Crippen LogP contribution < -0.4 is 5.32 Å². The van der Waals surface area contributed by atoms with E-state index in [9.17, 15) is 4.39 Å². The summed E-state index contributed by atoms with van der Waals surface area (Å²) in [6.45, 7) is 7.76. The number of nitrogens with zero attached hydrogens (tertiary/aromatic N) is 3. The number of nitrogens with one attached hydrogen (secondary N) is 1. The standard InChI is InChI=1S/C16H23FN4/c1-4-8-18-16(13-10-12(3)6-7-14(13)17)15-11-19-20-21(15)9-5-2/h6-7,10-11,16,18H,4-5,8-9H2,1-3H3. The quantitative estimate of drug-likeness (QED) is 0.851. The lowest BCUT2D eigenvalue weighted by Crippen LogP contribution is -2.27. The summed E-state index contributed by atoms with van der Waals surface area (Å²) in [5.41, 5.74) is 2.61. The van der Waals surface area contributed by atoms with E-state index in [1.807, 2.05) is 17.7 Å². The summed E-state index contributed by atoms with van der Waals surface area (Å²) in [6.07, 6.45) is 3.68. The maximum atomic E-state index is 14.3. The van der Waals surface area contributed by atoms with Gasteiger partial charge in [0.2, 0.25) is 0 Å². The van der Waals surface area contributed by atoms with E-state index in [1.54, 1.807) is 12.3 Å². The third kappa shape index (κ3) is 3.67. The van der Waals surface area contributed by atoms with Gasteiger partial charge in [-0.15, -0.1) is 5.10 Å². The van der Waals surface area contributed by atoms with Gasteiger partial charge in [0, 0.05) is 12.1 Å². The molecule has 1 heterocycles. The van der Waals surface area contributed by atoms with Gasteiger partial charge in [-0.25, -0.2) is 9.07 Å². The molecule has 0 spiro atoms. The summed E-state index contributed by atoms with van der Waals surface area (Å²) in [5.74, 6) is -0.196. The van der Waals surface area contributed by atoms with Crippen molar-refractivity contribution >= 4 is 0 Å². The fourth-order valence-electron chi connectivity index (χ4n) is 2.42. The Kier molecular flexibility index (Phi) is 5.44. The largest absolute Gasteiger partial charge is 0.305 e. The fraction of sp³-hybridized carbons (Fsp3) is 0.500. The van der Waals surface area contributed by atoms with Gasteiger partial charge < -0.3 is 5.32 Å². The number of aryl methyl sites for hydroxylation is 2. The van der Waals surface area contributed by atoms with Crippen LogP contribution in [0.5, 0.6) is 0 Å². The molecule has 1 atom stereocenters. The smallest absolute Gasteiger partial charge is 0.128 e. The van der Waals surface area contributed by atoms with E-state index in [0.29, 0.717) is 5.56 Å². The first-order valence-electron chi connectivity index (χ1n) is 7.55. The molecule has 4 nitrogen and oxygen atoms in total. The van der Waals surface area contributed by atoms with Crippen LogP contribution in [0.15, 0.2) is 24.4 Å². The molecule has 1 unspecified atom stereocenters. The average Bonchev–Trinajstić information content (AvgIpc) is 2.92. The van der Waals surface area contributed by atoms with Crippen LogP contribution in [-0.2, 0) is 6.54 Å². The Morgan fingerprint density at radius 2 is 2.10 bits per heavy atom. The lowest BCUT2D eigenvalue weighted by molar-refractivity contribution is 0.488. The highest BCUT2D eigenvalue weighted by Crippen LogP contribution is 2.25. The molecule has 0 saturated heterocycles. The van der Waals surface area contributed by atoms with Crippen LogP contribution in [0, 0.1) is 12.7 Å².